The molecule has 1 amide bonds. The lowest BCUT2D eigenvalue weighted by Crippen LogP contribution is -2.46. The molecule has 1 saturated heterocycles. The smallest absolute Gasteiger partial charge is 0.307 e. The van der Waals surface area contributed by atoms with Gasteiger partial charge in [-0.15, -0.1) is 5.10 Å². The second-order valence-corrected chi connectivity index (χ2v) is 4.52. The van der Waals surface area contributed by atoms with Crippen LogP contribution in [0.5, 0.6) is 0 Å². The number of rotatable bonds is 4. The van der Waals surface area contributed by atoms with E-state index in [1.165, 1.54) is 18.1 Å². The first kappa shape index (κ1) is 13.4. The van der Waals surface area contributed by atoms with Crippen LogP contribution >= 0.6 is 0 Å². The standard InChI is InChI=1S/C11H17N5O3/c1-19-11(18)6-9-4-2-3-5-16(9)10(17)7-15-8-12-13-14-15/h8-9H,2-7H2,1H3. The molecule has 19 heavy (non-hydrogen) atoms. The summed E-state index contributed by atoms with van der Waals surface area (Å²) in [4.78, 5) is 25.3. The van der Waals surface area contributed by atoms with Crippen LogP contribution < -0.4 is 0 Å². The van der Waals surface area contributed by atoms with E-state index in [2.05, 4.69) is 20.3 Å². The molecule has 0 bridgehead atoms. The van der Waals surface area contributed by atoms with Gasteiger partial charge in [0.15, 0.2) is 0 Å². The van der Waals surface area contributed by atoms with Crippen LogP contribution in [0.25, 0.3) is 0 Å². The second kappa shape index (κ2) is 6.26. The average molecular weight is 267 g/mol. The lowest BCUT2D eigenvalue weighted by Gasteiger charge is -2.35. The average Bonchev–Trinajstić information content (AvgIpc) is 2.92. The summed E-state index contributed by atoms with van der Waals surface area (Å²) in [6.07, 6.45) is 4.46. The number of hydrogen-bond acceptors (Lipinski definition) is 6. The third kappa shape index (κ3) is 3.49. The highest BCUT2D eigenvalue weighted by molar-refractivity contribution is 5.77. The number of carbonyl (C=O) groups is 2. The van der Waals surface area contributed by atoms with Crippen molar-refractivity contribution in [2.45, 2.75) is 38.3 Å². The topological polar surface area (TPSA) is 90.2 Å². The van der Waals surface area contributed by atoms with Gasteiger partial charge in [-0.25, -0.2) is 4.68 Å². The van der Waals surface area contributed by atoms with Crippen molar-refractivity contribution in [3.05, 3.63) is 6.33 Å². The molecule has 104 valence electrons. The highest BCUT2D eigenvalue weighted by Gasteiger charge is 2.28. The van der Waals surface area contributed by atoms with Gasteiger partial charge in [-0.05, 0) is 29.7 Å². The molecule has 1 fully saturated rings. The van der Waals surface area contributed by atoms with Crippen LogP contribution in [-0.4, -0.2) is 56.7 Å². The molecule has 0 aromatic carbocycles. The molecule has 0 spiro atoms. The van der Waals surface area contributed by atoms with Crippen LogP contribution in [0, 0.1) is 0 Å². The molecule has 0 radical (unpaired) electrons. The van der Waals surface area contributed by atoms with Crippen molar-refractivity contribution in [3.63, 3.8) is 0 Å². The summed E-state index contributed by atoms with van der Waals surface area (Å²) in [7, 11) is 1.36. The molecule has 2 heterocycles. The zero-order valence-corrected chi connectivity index (χ0v) is 10.9. The summed E-state index contributed by atoms with van der Waals surface area (Å²) >= 11 is 0. The molecule has 1 aliphatic rings. The number of methoxy groups -OCH3 is 1. The Balaban J connectivity index is 1.98. The Morgan fingerprint density at radius 1 is 1.42 bits per heavy atom. The van der Waals surface area contributed by atoms with Gasteiger partial charge in [0.1, 0.15) is 12.9 Å². The Morgan fingerprint density at radius 3 is 2.95 bits per heavy atom. The molecule has 1 aromatic rings. The summed E-state index contributed by atoms with van der Waals surface area (Å²) in [5.74, 6) is -0.354. The van der Waals surface area contributed by atoms with Crippen molar-refractivity contribution in [1.29, 1.82) is 0 Å². The number of amides is 1. The van der Waals surface area contributed by atoms with E-state index in [1.54, 1.807) is 4.90 Å². The van der Waals surface area contributed by atoms with E-state index in [4.69, 9.17) is 0 Å². The number of tetrazole rings is 1. The van der Waals surface area contributed by atoms with Crippen LogP contribution in [0.3, 0.4) is 0 Å². The molecule has 8 heteroatoms. The van der Waals surface area contributed by atoms with Gasteiger partial charge in [-0.2, -0.15) is 0 Å². The Morgan fingerprint density at radius 2 is 2.26 bits per heavy atom. The molecule has 0 N–H and O–H groups in total. The number of likely N-dealkylation sites (tertiary alicyclic amines) is 1. The van der Waals surface area contributed by atoms with Gasteiger partial charge in [0.05, 0.1) is 13.5 Å². The fourth-order valence-corrected chi connectivity index (χ4v) is 2.30. The predicted molar refractivity (Wildman–Crippen MR) is 63.8 cm³/mol. The minimum atomic E-state index is -0.285. The van der Waals surface area contributed by atoms with Gasteiger partial charge in [0, 0.05) is 12.6 Å². The van der Waals surface area contributed by atoms with Crippen molar-refractivity contribution >= 4 is 11.9 Å². The van der Waals surface area contributed by atoms with Gasteiger partial charge in [0.2, 0.25) is 5.91 Å². The number of hydrogen-bond donors (Lipinski definition) is 0. The zero-order chi connectivity index (χ0) is 13.7. The van der Waals surface area contributed by atoms with E-state index >= 15 is 0 Å². The van der Waals surface area contributed by atoms with Crippen LogP contribution in [0.1, 0.15) is 25.7 Å². The Hall–Kier alpha value is -1.99. The van der Waals surface area contributed by atoms with Gasteiger partial charge in [-0.1, -0.05) is 0 Å². The minimum absolute atomic E-state index is 0.0686. The maximum atomic E-state index is 12.2. The molecule has 1 aliphatic heterocycles. The molecule has 0 aliphatic carbocycles. The summed E-state index contributed by atoms with van der Waals surface area (Å²) in [5.41, 5.74) is 0. The number of aromatic nitrogens is 4. The third-order valence-electron chi connectivity index (χ3n) is 3.27. The molecule has 2 rings (SSSR count). The first-order valence-corrected chi connectivity index (χ1v) is 6.27. The molecule has 1 unspecified atom stereocenters. The maximum Gasteiger partial charge on any atom is 0.307 e. The van der Waals surface area contributed by atoms with E-state index in [9.17, 15) is 9.59 Å². The lowest BCUT2D eigenvalue weighted by atomic mass is 9.99. The third-order valence-corrected chi connectivity index (χ3v) is 3.27. The van der Waals surface area contributed by atoms with Crippen LogP contribution in [0.4, 0.5) is 0 Å². The Labute approximate surface area is 110 Å². The van der Waals surface area contributed by atoms with E-state index < -0.39 is 0 Å². The number of ether oxygens (including phenoxy) is 1. The second-order valence-electron chi connectivity index (χ2n) is 4.52. The highest BCUT2D eigenvalue weighted by Crippen LogP contribution is 2.20. The molecule has 8 nitrogen and oxygen atoms in total. The molecular weight excluding hydrogens is 250 g/mol. The number of piperidine rings is 1. The summed E-state index contributed by atoms with van der Waals surface area (Å²) in [5, 5.41) is 10.6. The van der Waals surface area contributed by atoms with Gasteiger partial charge in [-0.3, -0.25) is 9.59 Å². The zero-order valence-electron chi connectivity index (χ0n) is 10.9. The Bertz CT molecular complexity index is 434. The first-order chi connectivity index (χ1) is 9.20. The molecule has 0 saturated carbocycles. The fraction of sp³-hybridized carbons (Fsp3) is 0.727. The van der Waals surface area contributed by atoms with Crippen molar-refractivity contribution < 1.29 is 14.3 Å². The molecule has 1 aromatic heterocycles. The number of esters is 1. The van der Waals surface area contributed by atoms with Crippen molar-refractivity contribution in [1.82, 2.24) is 25.1 Å². The maximum absolute atomic E-state index is 12.2. The largest absolute Gasteiger partial charge is 0.469 e. The van der Waals surface area contributed by atoms with E-state index in [0.29, 0.717) is 6.54 Å². The van der Waals surface area contributed by atoms with Gasteiger partial charge < -0.3 is 9.64 Å². The quantitative estimate of drug-likeness (QED) is 0.691. The predicted octanol–water partition coefficient (Wildman–Crippen LogP) is -0.383. The van der Waals surface area contributed by atoms with Crippen LogP contribution in [0.2, 0.25) is 0 Å². The minimum Gasteiger partial charge on any atom is -0.469 e. The van der Waals surface area contributed by atoms with Crippen molar-refractivity contribution in [2.24, 2.45) is 0 Å². The van der Waals surface area contributed by atoms with Crippen LogP contribution in [0.15, 0.2) is 6.33 Å². The molecule has 1 atom stereocenters. The molecular formula is C11H17N5O3. The SMILES string of the molecule is COC(=O)CC1CCCCN1C(=O)Cn1cnnn1. The Kier molecular flexibility index (Phi) is 4.43. The van der Waals surface area contributed by atoms with Gasteiger partial charge in [0.25, 0.3) is 0 Å². The van der Waals surface area contributed by atoms with E-state index in [1.807, 2.05) is 0 Å². The van der Waals surface area contributed by atoms with E-state index in [0.717, 1.165) is 19.3 Å². The normalized spacial score (nSPS) is 19.2. The van der Waals surface area contributed by atoms with Gasteiger partial charge >= 0.3 is 5.97 Å². The van der Waals surface area contributed by atoms with E-state index in [-0.39, 0.29) is 30.9 Å². The summed E-state index contributed by atoms with van der Waals surface area (Å²) in [6.45, 7) is 0.771. The number of carbonyl (C=O) groups excluding carboxylic acids is 2. The monoisotopic (exact) mass is 267 g/mol. The summed E-state index contributed by atoms with van der Waals surface area (Å²) < 4.78 is 6.05. The number of nitrogens with zero attached hydrogens (tertiary/aromatic N) is 5. The van der Waals surface area contributed by atoms with Crippen LogP contribution in [-0.2, 0) is 20.9 Å². The summed E-state index contributed by atoms with van der Waals surface area (Å²) in [6, 6.07) is -0.0785. The fourth-order valence-electron chi connectivity index (χ4n) is 2.30. The highest BCUT2D eigenvalue weighted by atomic mass is 16.5. The van der Waals surface area contributed by atoms with Crippen molar-refractivity contribution in [2.75, 3.05) is 13.7 Å². The lowest BCUT2D eigenvalue weighted by molar-refractivity contribution is -0.144. The first-order valence-electron chi connectivity index (χ1n) is 6.27. The van der Waals surface area contributed by atoms with Crippen molar-refractivity contribution in [3.8, 4) is 0 Å².